The molecule has 78 valence electrons. The minimum atomic E-state index is -4.51. The van der Waals surface area contributed by atoms with Gasteiger partial charge in [0.25, 0.3) is 0 Å². The Morgan fingerprint density at radius 2 is 1.86 bits per heavy atom. The minimum absolute atomic E-state index is 0.179. The zero-order chi connectivity index (χ0) is 10.9. The highest BCUT2D eigenvalue weighted by molar-refractivity contribution is 9.10. The molecule has 0 bridgehead atoms. The molecule has 1 rings (SSSR count). The lowest BCUT2D eigenvalue weighted by Crippen LogP contribution is -2.08. The number of benzene rings is 1. The summed E-state index contributed by atoms with van der Waals surface area (Å²) in [4.78, 5) is 0. The fourth-order valence-corrected chi connectivity index (χ4v) is 2.05. The summed E-state index contributed by atoms with van der Waals surface area (Å²) in [5.41, 5.74) is -1.10. The van der Waals surface area contributed by atoms with E-state index in [2.05, 4.69) is 15.9 Å². The average Bonchev–Trinajstić information content (AvgIpc) is 2.02. The van der Waals surface area contributed by atoms with Crippen molar-refractivity contribution < 1.29 is 17.6 Å². The molecule has 0 aliphatic carbocycles. The normalized spacial score (nSPS) is 11.9. The van der Waals surface area contributed by atoms with Gasteiger partial charge >= 0.3 is 6.18 Å². The number of rotatable bonds is 1. The van der Waals surface area contributed by atoms with Crippen LogP contribution < -0.4 is 0 Å². The molecule has 0 amide bonds. The van der Waals surface area contributed by atoms with E-state index in [4.69, 9.17) is 11.6 Å². The number of hydrogen-bond donors (Lipinski definition) is 0. The van der Waals surface area contributed by atoms with Crippen molar-refractivity contribution in [1.82, 2.24) is 0 Å². The van der Waals surface area contributed by atoms with Crippen LogP contribution in [-0.2, 0) is 12.1 Å². The van der Waals surface area contributed by atoms with Crippen LogP contribution in [0.25, 0.3) is 0 Å². The van der Waals surface area contributed by atoms with E-state index >= 15 is 0 Å². The van der Waals surface area contributed by atoms with E-state index in [-0.39, 0.29) is 15.9 Å². The van der Waals surface area contributed by atoms with E-state index in [1.54, 1.807) is 0 Å². The maximum Gasteiger partial charge on any atom is 0.417 e. The van der Waals surface area contributed by atoms with Crippen molar-refractivity contribution in [2.45, 2.75) is 12.1 Å². The van der Waals surface area contributed by atoms with Gasteiger partial charge < -0.3 is 0 Å². The first-order valence-electron chi connectivity index (χ1n) is 3.48. The van der Waals surface area contributed by atoms with Gasteiger partial charge in [0.1, 0.15) is 5.82 Å². The van der Waals surface area contributed by atoms with Gasteiger partial charge in [-0.15, -0.1) is 11.6 Å². The summed E-state index contributed by atoms with van der Waals surface area (Å²) in [5.74, 6) is -1.06. The minimum Gasteiger partial charge on any atom is -0.207 e. The summed E-state index contributed by atoms with van der Waals surface area (Å²) in [6.07, 6.45) is -4.51. The van der Waals surface area contributed by atoms with Crippen LogP contribution in [0.2, 0.25) is 0 Å². The molecule has 0 fully saturated rings. The van der Waals surface area contributed by atoms with Gasteiger partial charge in [-0.3, -0.25) is 0 Å². The van der Waals surface area contributed by atoms with Crippen LogP contribution in [0.1, 0.15) is 11.1 Å². The molecule has 0 atom stereocenters. The number of hydrogen-bond acceptors (Lipinski definition) is 0. The van der Waals surface area contributed by atoms with Crippen LogP contribution >= 0.6 is 27.5 Å². The summed E-state index contributed by atoms with van der Waals surface area (Å²) >= 11 is 8.01. The molecule has 6 heteroatoms. The van der Waals surface area contributed by atoms with Gasteiger partial charge in [0.05, 0.1) is 11.4 Å². The highest BCUT2D eigenvalue weighted by atomic mass is 79.9. The quantitative estimate of drug-likeness (QED) is 0.533. The van der Waals surface area contributed by atoms with Gasteiger partial charge in [-0.2, -0.15) is 13.2 Å². The van der Waals surface area contributed by atoms with Crippen LogP contribution in [0.4, 0.5) is 17.6 Å². The Labute approximate surface area is 91.0 Å². The average molecular weight is 291 g/mol. The monoisotopic (exact) mass is 290 g/mol. The molecule has 0 aromatic heterocycles. The SMILES string of the molecule is Fc1ccc(C(F)(F)F)c(Br)c1CCl. The Morgan fingerprint density at radius 3 is 2.29 bits per heavy atom. The Balaban J connectivity index is 3.36. The van der Waals surface area contributed by atoms with E-state index in [0.717, 1.165) is 6.07 Å². The number of halogens is 6. The molecule has 0 aliphatic heterocycles. The molecule has 0 aliphatic rings. The molecule has 1 aromatic carbocycles. The summed E-state index contributed by atoms with van der Waals surface area (Å²) in [5, 5.41) is 0. The molecule has 0 radical (unpaired) electrons. The van der Waals surface area contributed by atoms with E-state index in [9.17, 15) is 17.6 Å². The van der Waals surface area contributed by atoms with Crippen molar-refractivity contribution >= 4 is 27.5 Å². The fraction of sp³-hybridized carbons (Fsp3) is 0.250. The molecule has 14 heavy (non-hydrogen) atoms. The lowest BCUT2D eigenvalue weighted by atomic mass is 10.1. The van der Waals surface area contributed by atoms with Crippen LogP contribution in [0.5, 0.6) is 0 Å². The van der Waals surface area contributed by atoms with Crippen molar-refractivity contribution in [2.75, 3.05) is 0 Å². The first kappa shape index (κ1) is 11.8. The molecule has 0 unspecified atom stereocenters. The Morgan fingerprint density at radius 1 is 1.29 bits per heavy atom. The van der Waals surface area contributed by atoms with Crippen molar-refractivity contribution in [2.24, 2.45) is 0 Å². The first-order chi connectivity index (χ1) is 6.38. The number of alkyl halides is 4. The van der Waals surface area contributed by atoms with Gasteiger partial charge in [-0.25, -0.2) is 4.39 Å². The third kappa shape index (κ3) is 2.20. The summed E-state index contributed by atoms with van der Waals surface area (Å²) in [7, 11) is 0. The third-order valence-electron chi connectivity index (χ3n) is 1.63. The van der Waals surface area contributed by atoms with Crippen LogP contribution in [0.15, 0.2) is 16.6 Å². The summed E-state index contributed by atoms with van der Waals surface area (Å²) in [6, 6.07) is 1.43. The van der Waals surface area contributed by atoms with E-state index < -0.39 is 17.6 Å². The van der Waals surface area contributed by atoms with Gasteiger partial charge in [-0.05, 0) is 28.1 Å². The maximum atomic E-state index is 12.9. The highest BCUT2D eigenvalue weighted by Crippen LogP contribution is 2.37. The zero-order valence-corrected chi connectivity index (χ0v) is 8.97. The van der Waals surface area contributed by atoms with Gasteiger partial charge in [-0.1, -0.05) is 0 Å². The molecule has 0 heterocycles. The summed E-state index contributed by atoms with van der Waals surface area (Å²) < 4.78 is 49.5. The predicted octanol–water partition coefficient (Wildman–Crippen LogP) is 4.35. The fourth-order valence-electron chi connectivity index (χ4n) is 0.939. The Hall–Kier alpha value is -0.290. The molecular formula is C8H4BrClF4. The highest BCUT2D eigenvalue weighted by Gasteiger charge is 2.34. The summed E-state index contributed by atoms with van der Waals surface area (Å²) in [6.45, 7) is 0. The topological polar surface area (TPSA) is 0 Å². The van der Waals surface area contributed by atoms with Crippen LogP contribution in [0, 0.1) is 5.82 Å². The second-order valence-electron chi connectivity index (χ2n) is 2.52. The van der Waals surface area contributed by atoms with Gasteiger partial charge in [0.15, 0.2) is 0 Å². The van der Waals surface area contributed by atoms with Crippen molar-refractivity contribution in [1.29, 1.82) is 0 Å². The molecule has 0 nitrogen and oxygen atoms in total. The molecule has 0 N–H and O–H groups in total. The van der Waals surface area contributed by atoms with Crippen molar-refractivity contribution in [3.8, 4) is 0 Å². The predicted molar refractivity (Wildman–Crippen MR) is 48.7 cm³/mol. The molecule has 0 spiro atoms. The molecular weight excluding hydrogens is 287 g/mol. The standard InChI is InChI=1S/C8H4BrClF4/c9-7-4(3-10)6(11)2-1-5(7)8(12,13)14/h1-2H,3H2. The Kier molecular flexibility index (Phi) is 3.42. The second kappa shape index (κ2) is 4.06. The molecule has 0 saturated carbocycles. The van der Waals surface area contributed by atoms with Crippen LogP contribution in [0.3, 0.4) is 0 Å². The molecule has 0 saturated heterocycles. The largest absolute Gasteiger partial charge is 0.417 e. The van der Waals surface area contributed by atoms with E-state index in [1.165, 1.54) is 0 Å². The van der Waals surface area contributed by atoms with E-state index in [1.807, 2.05) is 0 Å². The molecule has 1 aromatic rings. The zero-order valence-electron chi connectivity index (χ0n) is 6.63. The first-order valence-corrected chi connectivity index (χ1v) is 4.80. The smallest absolute Gasteiger partial charge is 0.207 e. The Bertz CT molecular complexity index is 348. The second-order valence-corrected chi connectivity index (χ2v) is 3.58. The van der Waals surface area contributed by atoms with E-state index in [0.29, 0.717) is 6.07 Å². The lowest BCUT2D eigenvalue weighted by molar-refractivity contribution is -0.138. The van der Waals surface area contributed by atoms with Gasteiger partial charge in [0, 0.05) is 10.0 Å². The van der Waals surface area contributed by atoms with Crippen LogP contribution in [-0.4, -0.2) is 0 Å². The van der Waals surface area contributed by atoms with Gasteiger partial charge in [0.2, 0.25) is 0 Å². The van der Waals surface area contributed by atoms with Crippen molar-refractivity contribution in [3.05, 3.63) is 33.5 Å². The lowest BCUT2D eigenvalue weighted by Gasteiger charge is -2.11. The third-order valence-corrected chi connectivity index (χ3v) is 2.80. The maximum absolute atomic E-state index is 12.9. The van der Waals surface area contributed by atoms with Crippen molar-refractivity contribution in [3.63, 3.8) is 0 Å².